The highest BCUT2D eigenvalue weighted by Gasteiger charge is 2.36. The highest BCUT2D eigenvalue weighted by atomic mass is 35.5. The predicted molar refractivity (Wildman–Crippen MR) is 102 cm³/mol. The molecule has 0 bridgehead atoms. The molecule has 1 atom stereocenters. The van der Waals surface area contributed by atoms with Gasteiger partial charge >= 0.3 is 0 Å². The molecule has 0 radical (unpaired) electrons. The molecule has 4 rings (SSSR count). The molecule has 8 heteroatoms. The van der Waals surface area contributed by atoms with E-state index in [0.717, 1.165) is 5.56 Å². The van der Waals surface area contributed by atoms with Crippen LogP contribution < -0.4 is 9.64 Å². The van der Waals surface area contributed by atoms with Gasteiger partial charge in [-0.15, -0.1) is 0 Å². The second-order valence-electron chi connectivity index (χ2n) is 6.19. The number of rotatable bonds is 4. The van der Waals surface area contributed by atoms with Gasteiger partial charge in [-0.1, -0.05) is 34.4 Å². The number of anilines is 1. The number of methoxy groups -OCH3 is 1. The number of hydrogen-bond donors (Lipinski definition) is 0. The number of ether oxygens (including phenoxy) is 1. The van der Waals surface area contributed by atoms with Crippen molar-refractivity contribution in [3.63, 3.8) is 0 Å². The van der Waals surface area contributed by atoms with E-state index >= 15 is 0 Å². The first-order valence-electron chi connectivity index (χ1n) is 8.28. The molecule has 6 nitrogen and oxygen atoms in total. The summed E-state index contributed by atoms with van der Waals surface area (Å²) in [5.41, 5.74) is 1.37. The molecule has 0 aliphatic carbocycles. The van der Waals surface area contributed by atoms with E-state index in [2.05, 4.69) is 10.1 Å². The molecule has 1 saturated heterocycles. The fraction of sp³-hybridized carbons (Fsp3) is 0.211. The zero-order valence-corrected chi connectivity index (χ0v) is 15.9. The summed E-state index contributed by atoms with van der Waals surface area (Å²) in [6, 6.07) is 12.4. The van der Waals surface area contributed by atoms with Crippen molar-refractivity contribution in [3.05, 3.63) is 58.3 Å². The van der Waals surface area contributed by atoms with Crippen LogP contribution in [-0.2, 0) is 4.79 Å². The molecule has 0 N–H and O–H groups in total. The Kier molecular flexibility index (Phi) is 4.76. The lowest BCUT2D eigenvalue weighted by Crippen LogP contribution is -2.24. The van der Waals surface area contributed by atoms with Crippen molar-refractivity contribution >= 4 is 34.8 Å². The van der Waals surface area contributed by atoms with Gasteiger partial charge in [0.25, 0.3) is 5.89 Å². The molecular weight excluding hydrogens is 389 g/mol. The van der Waals surface area contributed by atoms with Crippen LogP contribution in [-0.4, -0.2) is 29.7 Å². The van der Waals surface area contributed by atoms with Crippen molar-refractivity contribution in [2.45, 2.75) is 12.3 Å². The van der Waals surface area contributed by atoms with Crippen molar-refractivity contribution in [1.82, 2.24) is 10.1 Å². The van der Waals surface area contributed by atoms with E-state index in [4.69, 9.17) is 32.5 Å². The van der Waals surface area contributed by atoms with Crippen LogP contribution in [0.2, 0.25) is 10.0 Å². The molecule has 138 valence electrons. The SMILES string of the molecule is COc1ccc(Cl)cc1N1CC(c2noc(-c3cccc(Cl)c3)n2)CC1=O. The van der Waals surface area contributed by atoms with Crippen LogP contribution in [0.25, 0.3) is 11.5 Å². The van der Waals surface area contributed by atoms with E-state index in [9.17, 15) is 4.79 Å². The Balaban J connectivity index is 1.59. The summed E-state index contributed by atoms with van der Waals surface area (Å²) in [6.45, 7) is 0.421. The van der Waals surface area contributed by atoms with E-state index in [1.807, 2.05) is 12.1 Å². The number of carbonyl (C=O) groups is 1. The Hall–Kier alpha value is -2.57. The molecule has 2 aromatic carbocycles. The third-order valence-electron chi connectivity index (χ3n) is 4.44. The highest BCUT2D eigenvalue weighted by molar-refractivity contribution is 6.31. The van der Waals surface area contributed by atoms with Crippen molar-refractivity contribution in [2.75, 3.05) is 18.6 Å². The first kappa shape index (κ1) is 17.8. The second-order valence-corrected chi connectivity index (χ2v) is 7.06. The van der Waals surface area contributed by atoms with Gasteiger partial charge < -0.3 is 14.2 Å². The van der Waals surface area contributed by atoms with Gasteiger partial charge in [0.05, 0.1) is 12.8 Å². The molecule has 1 aromatic heterocycles. The van der Waals surface area contributed by atoms with Crippen molar-refractivity contribution < 1.29 is 14.1 Å². The lowest BCUT2D eigenvalue weighted by molar-refractivity contribution is -0.117. The topological polar surface area (TPSA) is 68.5 Å². The average molecular weight is 404 g/mol. The molecule has 27 heavy (non-hydrogen) atoms. The van der Waals surface area contributed by atoms with Crippen LogP contribution in [0.3, 0.4) is 0 Å². The Bertz CT molecular complexity index is 1010. The molecule has 0 spiro atoms. The monoisotopic (exact) mass is 403 g/mol. The van der Waals surface area contributed by atoms with Crippen LogP contribution in [0, 0.1) is 0 Å². The molecule has 1 unspecified atom stereocenters. The summed E-state index contributed by atoms with van der Waals surface area (Å²) >= 11 is 12.1. The number of amides is 1. The third kappa shape index (κ3) is 3.50. The first-order valence-corrected chi connectivity index (χ1v) is 9.04. The molecule has 3 aromatic rings. The number of nitrogens with zero attached hydrogens (tertiary/aromatic N) is 3. The van der Waals surface area contributed by atoms with Crippen molar-refractivity contribution in [1.29, 1.82) is 0 Å². The van der Waals surface area contributed by atoms with Gasteiger partial charge in [-0.3, -0.25) is 4.79 Å². The van der Waals surface area contributed by atoms with E-state index < -0.39 is 0 Å². The summed E-state index contributed by atoms with van der Waals surface area (Å²) in [7, 11) is 1.56. The third-order valence-corrected chi connectivity index (χ3v) is 4.91. The Morgan fingerprint density at radius 3 is 2.78 bits per heavy atom. The summed E-state index contributed by atoms with van der Waals surface area (Å²) in [5, 5.41) is 5.18. The van der Waals surface area contributed by atoms with Crippen molar-refractivity contribution in [2.24, 2.45) is 0 Å². The van der Waals surface area contributed by atoms with E-state index in [1.54, 1.807) is 42.3 Å². The maximum Gasteiger partial charge on any atom is 0.257 e. The summed E-state index contributed by atoms with van der Waals surface area (Å²) in [4.78, 5) is 18.7. The number of carbonyl (C=O) groups excluding carboxylic acids is 1. The highest BCUT2D eigenvalue weighted by Crippen LogP contribution is 2.37. The van der Waals surface area contributed by atoms with Gasteiger partial charge in [0.1, 0.15) is 5.75 Å². The van der Waals surface area contributed by atoms with Crippen LogP contribution in [0.1, 0.15) is 18.2 Å². The Morgan fingerprint density at radius 2 is 2.00 bits per heavy atom. The normalized spacial score (nSPS) is 16.8. The number of halogens is 2. The summed E-state index contributed by atoms with van der Waals surface area (Å²) < 4.78 is 10.7. The van der Waals surface area contributed by atoms with Gasteiger partial charge in [0.2, 0.25) is 5.91 Å². The second kappa shape index (κ2) is 7.21. The van der Waals surface area contributed by atoms with E-state index in [-0.39, 0.29) is 18.2 Å². The minimum absolute atomic E-state index is 0.0466. The predicted octanol–water partition coefficient (Wildman–Crippen LogP) is 4.57. The maximum atomic E-state index is 12.6. The lowest BCUT2D eigenvalue weighted by atomic mass is 10.1. The quantitative estimate of drug-likeness (QED) is 0.637. The molecule has 1 aliphatic heterocycles. The molecule has 1 fully saturated rings. The van der Waals surface area contributed by atoms with Gasteiger partial charge in [0, 0.05) is 34.5 Å². The number of benzene rings is 2. The fourth-order valence-electron chi connectivity index (χ4n) is 3.13. The van der Waals surface area contributed by atoms with E-state index in [0.29, 0.717) is 39.7 Å². The Morgan fingerprint density at radius 1 is 1.19 bits per heavy atom. The smallest absolute Gasteiger partial charge is 0.257 e. The maximum absolute atomic E-state index is 12.6. The van der Waals surface area contributed by atoms with Crippen LogP contribution in [0.5, 0.6) is 5.75 Å². The average Bonchev–Trinajstić information content (AvgIpc) is 3.28. The van der Waals surface area contributed by atoms with E-state index in [1.165, 1.54) is 0 Å². The zero-order chi connectivity index (χ0) is 19.0. The number of aromatic nitrogens is 2. The van der Waals surface area contributed by atoms with Crippen LogP contribution >= 0.6 is 23.2 Å². The molecule has 1 aliphatic rings. The van der Waals surface area contributed by atoms with Gasteiger partial charge in [-0.05, 0) is 36.4 Å². The molecule has 1 amide bonds. The minimum atomic E-state index is -0.183. The fourth-order valence-corrected chi connectivity index (χ4v) is 3.48. The summed E-state index contributed by atoms with van der Waals surface area (Å²) in [5.74, 6) is 1.22. The van der Waals surface area contributed by atoms with Gasteiger partial charge in [0.15, 0.2) is 5.82 Å². The van der Waals surface area contributed by atoms with Crippen LogP contribution in [0.4, 0.5) is 5.69 Å². The largest absolute Gasteiger partial charge is 0.495 e. The molecule has 0 saturated carbocycles. The summed E-state index contributed by atoms with van der Waals surface area (Å²) in [6.07, 6.45) is 0.282. The van der Waals surface area contributed by atoms with Crippen molar-refractivity contribution in [3.8, 4) is 17.2 Å². The van der Waals surface area contributed by atoms with Crippen LogP contribution in [0.15, 0.2) is 47.0 Å². The standard InChI is InChI=1S/C19H15Cl2N3O3/c1-26-16-6-5-14(21)9-15(16)24-10-12(8-17(24)25)18-22-19(27-23-18)11-3-2-4-13(20)7-11/h2-7,9,12H,8,10H2,1H3. The Labute approximate surface area is 165 Å². The zero-order valence-electron chi connectivity index (χ0n) is 14.4. The molecular formula is C19H15Cl2N3O3. The first-order chi connectivity index (χ1) is 13.0. The molecule has 2 heterocycles. The number of hydrogen-bond acceptors (Lipinski definition) is 5. The lowest BCUT2D eigenvalue weighted by Gasteiger charge is -2.19. The minimum Gasteiger partial charge on any atom is -0.495 e. The van der Waals surface area contributed by atoms with Gasteiger partial charge in [-0.2, -0.15) is 4.98 Å². The van der Waals surface area contributed by atoms with Gasteiger partial charge in [-0.25, -0.2) is 0 Å².